The predicted octanol–water partition coefficient (Wildman–Crippen LogP) is 5.25. The maximum Gasteiger partial charge on any atom is 0.341 e. The van der Waals surface area contributed by atoms with Gasteiger partial charge >= 0.3 is 5.97 Å². The van der Waals surface area contributed by atoms with Crippen molar-refractivity contribution in [2.45, 2.75) is 32.6 Å². The second-order valence-electron chi connectivity index (χ2n) is 5.85. The number of ether oxygens (including phenoxy) is 1. The molecule has 0 aliphatic heterocycles. The second-order valence-corrected chi connectivity index (χ2v) is 6.94. The Labute approximate surface area is 155 Å². The van der Waals surface area contributed by atoms with Crippen molar-refractivity contribution in [3.63, 3.8) is 0 Å². The molecule has 0 N–H and O–H groups in total. The third-order valence-electron chi connectivity index (χ3n) is 4.19. The molecule has 1 aromatic carbocycles. The summed E-state index contributed by atoms with van der Waals surface area (Å²) >= 11 is 1.15. The van der Waals surface area contributed by atoms with Crippen LogP contribution in [-0.2, 0) is 17.6 Å². The minimum Gasteiger partial charge on any atom is -0.462 e. The first-order valence-corrected chi connectivity index (χ1v) is 9.05. The fourth-order valence-corrected chi connectivity index (χ4v) is 4.14. The van der Waals surface area contributed by atoms with E-state index in [9.17, 15) is 26.7 Å². The molecule has 144 valence electrons. The first kappa shape index (κ1) is 19.5. The Morgan fingerprint density at radius 3 is 2.26 bits per heavy atom. The van der Waals surface area contributed by atoms with E-state index in [0.29, 0.717) is 12.6 Å². The van der Waals surface area contributed by atoms with Crippen LogP contribution in [0.3, 0.4) is 0 Å². The molecule has 0 radical (unpaired) electrons. The maximum absolute atomic E-state index is 13.8. The van der Waals surface area contributed by atoms with Crippen molar-refractivity contribution in [3.05, 3.63) is 50.7 Å². The summed E-state index contributed by atoms with van der Waals surface area (Å²) < 4.78 is 72.4. The van der Waals surface area contributed by atoms with Crippen LogP contribution in [0.5, 0.6) is 0 Å². The largest absolute Gasteiger partial charge is 0.462 e. The van der Waals surface area contributed by atoms with Gasteiger partial charge in [0.05, 0.1) is 17.7 Å². The monoisotopic (exact) mass is 403 g/mol. The Balaban J connectivity index is 2.09. The number of rotatable bonds is 4. The minimum atomic E-state index is -2.24. The Kier molecular flexibility index (Phi) is 5.59. The van der Waals surface area contributed by atoms with Crippen molar-refractivity contribution in [1.82, 2.24) is 0 Å². The van der Waals surface area contributed by atoms with Crippen molar-refractivity contribution < 1.29 is 31.5 Å². The van der Waals surface area contributed by atoms with Crippen molar-refractivity contribution in [1.29, 1.82) is 0 Å². The smallest absolute Gasteiger partial charge is 0.341 e. The molecule has 2 aromatic rings. The van der Waals surface area contributed by atoms with E-state index in [-0.39, 0.29) is 17.2 Å². The lowest BCUT2D eigenvalue weighted by molar-refractivity contribution is 0.0526. The van der Waals surface area contributed by atoms with Gasteiger partial charge in [0.15, 0.2) is 23.3 Å². The molecule has 0 atom stereocenters. The van der Waals surface area contributed by atoms with Crippen LogP contribution < -0.4 is 0 Å². The molecule has 0 spiro atoms. The zero-order valence-electron chi connectivity index (χ0n) is 14.2. The van der Waals surface area contributed by atoms with Crippen molar-refractivity contribution in [2.24, 2.45) is 4.99 Å². The van der Waals surface area contributed by atoms with Gasteiger partial charge in [-0.15, -0.1) is 11.3 Å². The molecule has 1 heterocycles. The summed E-state index contributed by atoms with van der Waals surface area (Å²) in [5, 5.41) is 0.129. The summed E-state index contributed by atoms with van der Waals surface area (Å²) in [4.78, 5) is 17.1. The number of hydrogen-bond donors (Lipinski definition) is 0. The number of fused-ring (bicyclic) bond motifs is 1. The molecule has 27 heavy (non-hydrogen) atoms. The molecule has 1 aliphatic rings. The van der Waals surface area contributed by atoms with E-state index in [0.717, 1.165) is 41.0 Å². The van der Waals surface area contributed by atoms with Gasteiger partial charge in [0.25, 0.3) is 0 Å². The van der Waals surface area contributed by atoms with Gasteiger partial charge in [-0.1, -0.05) is 0 Å². The van der Waals surface area contributed by atoms with Crippen LogP contribution in [-0.4, -0.2) is 18.8 Å². The normalized spacial score (nSPS) is 13.9. The lowest BCUT2D eigenvalue weighted by atomic mass is 9.95. The zero-order chi connectivity index (χ0) is 19.7. The summed E-state index contributed by atoms with van der Waals surface area (Å²) in [6, 6.07) is 0. The Hall–Kier alpha value is -2.29. The van der Waals surface area contributed by atoms with Crippen molar-refractivity contribution in [3.8, 4) is 0 Å². The van der Waals surface area contributed by atoms with Crippen LogP contribution in [0.1, 0.15) is 46.1 Å². The third kappa shape index (κ3) is 3.47. The highest BCUT2D eigenvalue weighted by atomic mass is 32.1. The number of nitrogens with zero attached hydrogens (tertiary/aromatic N) is 1. The molecule has 3 nitrogen and oxygen atoms in total. The van der Waals surface area contributed by atoms with Crippen molar-refractivity contribution in [2.75, 3.05) is 6.61 Å². The van der Waals surface area contributed by atoms with E-state index in [1.54, 1.807) is 6.92 Å². The number of carbonyl (C=O) groups excluding carboxylic acids is 1. The first-order valence-electron chi connectivity index (χ1n) is 8.23. The van der Waals surface area contributed by atoms with Crippen LogP contribution in [0.15, 0.2) is 4.99 Å². The van der Waals surface area contributed by atoms with Gasteiger partial charge in [0.2, 0.25) is 5.82 Å². The molecule has 0 saturated heterocycles. The number of esters is 1. The molecule has 9 heteroatoms. The topological polar surface area (TPSA) is 38.7 Å². The highest BCUT2D eigenvalue weighted by Crippen LogP contribution is 2.40. The molecule has 3 rings (SSSR count). The number of aliphatic imine (C=N–C) groups is 1. The number of benzene rings is 1. The molecule has 0 saturated carbocycles. The summed E-state index contributed by atoms with van der Waals surface area (Å²) in [5.74, 6) is -10.9. The van der Waals surface area contributed by atoms with Gasteiger partial charge in [0.1, 0.15) is 5.00 Å². The Morgan fingerprint density at radius 2 is 1.63 bits per heavy atom. The molecule has 0 fully saturated rings. The van der Waals surface area contributed by atoms with Crippen LogP contribution in [0.4, 0.5) is 27.0 Å². The van der Waals surface area contributed by atoms with Gasteiger partial charge in [-0.05, 0) is 38.2 Å². The Bertz CT molecular complexity index is 910. The Morgan fingerprint density at radius 1 is 1.04 bits per heavy atom. The van der Waals surface area contributed by atoms with Gasteiger partial charge in [0, 0.05) is 11.1 Å². The van der Waals surface area contributed by atoms with Crippen LogP contribution in [0.2, 0.25) is 0 Å². The van der Waals surface area contributed by atoms with E-state index >= 15 is 0 Å². The summed E-state index contributed by atoms with van der Waals surface area (Å²) in [7, 11) is 0. The average molecular weight is 403 g/mol. The number of halogens is 5. The zero-order valence-corrected chi connectivity index (χ0v) is 15.0. The molecule has 0 unspecified atom stereocenters. The minimum absolute atomic E-state index is 0.129. The fraction of sp³-hybridized carbons (Fsp3) is 0.333. The quantitative estimate of drug-likeness (QED) is 0.230. The standard InChI is InChI=1S/C18H14F5NO2S/c1-2-26-18(25)11-8-5-3-4-6-10(8)27-17(11)24-7-9-12(19)14(21)16(23)15(22)13(9)20/h7H,2-6H2,1H3. The molecule has 0 bridgehead atoms. The molecule has 1 aliphatic carbocycles. The molecular formula is C18H14F5NO2S. The highest BCUT2D eigenvalue weighted by molar-refractivity contribution is 7.16. The molecule has 0 amide bonds. The summed E-state index contributed by atoms with van der Waals surface area (Å²) in [6.45, 7) is 1.76. The third-order valence-corrected chi connectivity index (χ3v) is 5.39. The van der Waals surface area contributed by atoms with Gasteiger partial charge in [-0.25, -0.2) is 31.7 Å². The SMILES string of the molecule is CCOC(=O)c1c(N=Cc2c(F)c(F)c(F)c(F)c2F)sc2c1CCCC2. The fourth-order valence-electron chi connectivity index (χ4n) is 2.91. The van der Waals surface area contributed by atoms with Crippen LogP contribution in [0, 0.1) is 29.1 Å². The molecule has 1 aromatic heterocycles. The van der Waals surface area contributed by atoms with Crippen molar-refractivity contribution >= 4 is 28.5 Å². The second kappa shape index (κ2) is 7.75. The first-order chi connectivity index (χ1) is 12.9. The van der Waals surface area contributed by atoms with Crippen LogP contribution >= 0.6 is 11.3 Å². The number of thiophene rings is 1. The van der Waals surface area contributed by atoms with E-state index < -0.39 is 40.6 Å². The van der Waals surface area contributed by atoms with E-state index in [1.165, 1.54) is 0 Å². The average Bonchev–Trinajstić information content (AvgIpc) is 3.03. The van der Waals surface area contributed by atoms with Gasteiger partial charge in [-0.2, -0.15) is 0 Å². The summed E-state index contributed by atoms with van der Waals surface area (Å²) in [5.41, 5.74) is -0.196. The number of aryl methyl sites for hydroxylation is 1. The van der Waals surface area contributed by atoms with Gasteiger partial charge < -0.3 is 4.74 Å². The number of hydrogen-bond acceptors (Lipinski definition) is 4. The molecular weight excluding hydrogens is 389 g/mol. The van der Waals surface area contributed by atoms with E-state index in [2.05, 4.69) is 4.99 Å². The van der Waals surface area contributed by atoms with Crippen LogP contribution in [0.25, 0.3) is 0 Å². The lowest BCUT2D eigenvalue weighted by Crippen LogP contribution is -2.09. The summed E-state index contributed by atoms with van der Waals surface area (Å²) in [6.07, 6.45) is 3.71. The van der Waals surface area contributed by atoms with E-state index in [4.69, 9.17) is 4.74 Å². The lowest BCUT2D eigenvalue weighted by Gasteiger charge is -2.11. The maximum atomic E-state index is 13.8. The predicted molar refractivity (Wildman–Crippen MR) is 90.4 cm³/mol. The number of carbonyl (C=O) groups is 1. The highest BCUT2D eigenvalue weighted by Gasteiger charge is 2.27. The van der Waals surface area contributed by atoms with Gasteiger partial charge in [-0.3, -0.25) is 0 Å². The van der Waals surface area contributed by atoms with E-state index in [1.807, 2.05) is 0 Å².